The average Bonchev–Trinajstić information content (AvgIpc) is 2.91. The Labute approximate surface area is 181 Å². The van der Waals surface area contributed by atoms with Crippen LogP contribution < -0.4 is 20.1 Å². The fourth-order valence-corrected chi connectivity index (χ4v) is 2.72. The van der Waals surface area contributed by atoms with Gasteiger partial charge in [-0.25, -0.2) is 4.98 Å². The standard InChI is InChI=1S/C19H23ClN4O2.HI/c1-21-19(22-8-7-14-4-6-18(20)23-12-14)24-13-15-3-5-16-17(11-15)26-10-2-9-25-16;/h3-6,11-12H,2,7-10,13H2,1H3,(H2,21,22,24);1H. The summed E-state index contributed by atoms with van der Waals surface area (Å²) < 4.78 is 11.4. The Hall–Kier alpha value is -1.74. The number of nitrogens with one attached hydrogen (secondary N) is 2. The summed E-state index contributed by atoms with van der Waals surface area (Å²) in [5.41, 5.74) is 2.24. The van der Waals surface area contributed by atoms with Crippen molar-refractivity contribution in [2.75, 3.05) is 26.8 Å². The lowest BCUT2D eigenvalue weighted by Gasteiger charge is -2.13. The highest BCUT2D eigenvalue weighted by Gasteiger charge is 2.10. The highest BCUT2D eigenvalue weighted by molar-refractivity contribution is 14.0. The molecule has 1 aromatic heterocycles. The Morgan fingerprint density at radius 1 is 1.11 bits per heavy atom. The predicted octanol–water partition coefficient (Wildman–Crippen LogP) is 3.42. The van der Waals surface area contributed by atoms with Crippen molar-refractivity contribution >= 4 is 41.5 Å². The smallest absolute Gasteiger partial charge is 0.191 e. The first kappa shape index (κ1) is 21.6. The molecular weight excluding hydrogens is 479 g/mol. The molecule has 0 saturated carbocycles. The van der Waals surface area contributed by atoms with Crippen molar-refractivity contribution in [2.24, 2.45) is 4.99 Å². The van der Waals surface area contributed by atoms with Crippen LogP contribution in [0.4, 0.5) is 0 Å². The van der Waals surface area contributed by atoms with Gasteiger partial charge in [0, 0.05) is 32.8 Å². The molecule has 2 aromatic rings. The van der Waals surface area contributed by atoms with Gasteiger partial charge in [-0.15, -0.1) is 24.0 Å². The van der Waals surface area contributed by atoms with Crippen molar-refractivity contribution in [2.45, 2.75) is 19.4 Å². The van der Waals surface area contributed by atoms with Gasteiger partial charge in [0.2, 0.25) is 0 Å². The Morgan fingerprint density at radius 2 is 1.89 bits per heavy atom. The number of hydrogen-bond donors (Lipinski definition) is 2. The lowest BCUT2D eigenvalue weighted by molar-refractivity contribution is 0.297. The fourth-order valence-electron chi connectivity index (χ4n) is 2.60. The molecule has 27 heavy (non-hydrogen) atoms. The summed E-state index contributed by atoms with van der Waals surface area (Å²) >= 11 is 5.80. The summed E-state index contributed by atoms with van der Waals surface area (Å²) in [4.78, 5) is 8.34. The SMILES string of the molecule is CN=C(NCCc1ccc(Cl)nc1)NCc1ccc2c(c1)OCCCO2.I. The minimum atomic E-state index is 0. The van der Waals surface area contributed by atoms with Gasteiger partial charge in [0.05, 0.1) is 13.2 Å². The molecule has 0 atom stereocenters. The molecule has 1 aliphatic rings. The first-order valence-electron chi connectivity index (χ1n) is 8.68. The van der Waals surface area contributed by atoms with Gasteiger partial charge >= 0.3 is 0 Å². The number of guanidine groups is 1. The monoisotopic (exact) mass is 502 g/mol. The highest BCUT2D eigenvalue weighted by Crippen LogP contribution is 2.30. The minimum Gasteiger partial charge on any atom is -0.490 e. The summed E-state index contributed by atoms with van der Waals surface area (Å²) in [5.74, 6) is 2.37. The van der Waals surface area contributed by atoms with Gasteiger partial charge in [-0.2, -0.15) is 0 Å². The topological polar surface area (TPSA) is 67.8 Å². The van der Waals surface area contributed by atoms with Crippen LogP contribution in [0.25, 0.3) is 0 Å². The van der Waals surface area contributed by atoms with Crippen molar-refractivity contribution < 1.29 is 9.47 Å². The molecule has 0 spiro atoms. The number of aromatic nitrogens is 1. The van der Waals surface area contributed by atoms with Gasteiger partial charge in [0.1, 0.15) is 5.15 Å². The van der Waals surface area contributed by atoms with Crippen molar-refractivity contribution in [1.82, 2.24) is 15.6 Å². The largest absolute Gasteiger partial charge is 0.490 e. The van der Waals surface area contributed by atoms with Gasteiger partial charge < -0.3 is 20.1 Å². The Balaban J connectivity index is 0.00000261. The number of hydrogen-bond acceptors (Lipinski definition) is 4. The van der Waals surface area contributed by atoms with E-state index in [1.165, 1.54) is 0 Å². The summed E-state index contributed by atoms with van der Waals surface area (Å²) in [6.45, 7) is 2.79. The molecule has 0 bridgehead atoms. The van der Waals surface area contributed by atoms with Gasteiger partial charge in [-0.3, -0.25) is 4.99 Å². The number of benzene rings is 1. The Morgan fingerprint density at radius 3 is 2.63 bits per heavy atom. The second-order valence-electron chi connectivity index (χ2n) is 5.92. The van der Waals surface area contributed by atoms with Crippen molar-refractivity contribution in [1.29, 1.82) is 0 Å². The third-order valence-electron chi connectivity index (χ3n) is 3.99. The van der Waals surface area contributed by atoms with E-state index in [4.69, 9.17) is 21.1 Å². The van der Waals surface area contributed by atoms with Gasteiger partial charge in [0.15, 0.2) is 17.5 Å². The number of fused-ring (bicyclic) bond motifs is 1. The lowest BCUT2D eigenvalue weighted by atomic mass is 10.2. The molecule has 8 heteroatoms. The van der Waals surface area contributed by atoms with Gasteiger partial charge in [0.25, 0.3) is 0 Å². The number of rotatable bonds is 5. The summed E-state index contributed by atoms with van der Waals surface area (Å²) in [6.07, 6.45) is 3.54. The highest BCUT2D eigenvalue weighted by atomic mass is 127. The molecule has 6 nitrogen and oxygen atoms in total. The van der Waals surface area contributed by atoms with Crippen LogP contribution in [-0.4, -0.2) is 37.7 Å². The third-order valence-corrected chi connectivity index (χ3v) is 4.21. The van der Waals surface area contributed by atoms with Crippen LogP contribution in [-0.2, 0) is 13.0 Å². The second-order valence-corrected chi connectivity index (χ2v) is 6.31. The summed E-state index contributed by atoms with van der Waals surface area (Å²) in [5, 5.41) is 7.12. The van der Waals surface area contributed by atoms with Crippen LogP contribution in [0, 0.1) is 0 Å². The van der Waals surface area contributed by atoms with E-state index in [2.05, 4.69) is 20.6 Å². The predicted molar refractivity (Wildman–Crippen MR) is 119 cm³/mol. The van der Waals surface area contributed by atoms with E-state index in [9.17, 15) is 0 Å². The molecule has 2 heterocycles. The second kappa shape index (κ2) is 11.2. The summed E-state index contributed by atoms with van der Waals surface area (Å²) in [6, 6.07) is 9.79. The van der Waals surface area contributed by atoms with E-state index < -0.39 is 0 Å². The van der Waals surface area contributed by atoms with Gasteiger partial charge in [-0.1, -0.05) is 23.7 Å². The van der Waals surface area contributed by atoms with E-state index in [0.717, 1.165) is 48.0 Å². The molecule has 0 radical (unpaired) electrons. The number of pyridine rings is 1. The Bertz CT molecular complexity index is 756. The Kier molecular flexibility index (Phi) is 8.93. The zero-order valence-corrected chi connectivity index (χ0v) is 18.3. The number of ether oxygens (including phenoxy) is 2. The zero-order chi connectivity index (χ0) is 18.2. The van der Waals surface area contributed by atoms with Crippen molar-refractivity contribution in [3.05, 3.63) is 52.8 Å². The van der Waals surface area contributed by atoms with E-state index in [-0.39, 0.29) is 24.0 Å². The molecule has 1 aliphatic heterocycles. The molecular formula is C19H24ClIN4O2. The van der Waals surface area contributed by atoms with Crippen LogP contribution in [0.2, 0.25) is 5.15 Å². The lowest BCUT2D eigenvalue weighted by Crippen LogP contribution is -2.37. The van der Waals surface area contributed by atoms with E-state index in [0.29, 0.717) is 24.9 Å². The van der Waals surface area contributed by atoms with Crippen LogP contribution in [0.1, 0.15) is 17.5 Å². The maximum absolute atomic E-state index is 5.80. The van der Waals surface area contributed by atoms with E-state index >= 15 is 0 Å². The molecule has 3 rings (SSSR count). The molecule has 2 N–H and O–H groups in total. The third kappa shape index (κ3) is 6.73. The maximum atomic E-state index is 5.80. The normalized spacial score (nSPS) is 13.3. The first-order valence-corrected chi connectivity index (χ1v) is 9.06. The fraction of sp³-hybridized carbons (Fsp3) is 0.368. The molecule has 0 amide bonds. The molecule has 0 unspecified atom stereocenters. The average molecular weight is 503 g/mol. The zero-order valence-electron chi connectivity index (χ0n) is 15.2. The van der Waals surface area contributed by atoms with E-state index in [1.807, 2.05) is 24.3 Å². The van der Waals surface area contributed by atoms with Crippen molar-refractivity contribution in [3.8, 4) is 11.5 Å². The molecule has 1 aromatic carbocycles. The van der Waals surface area contributed by atoms with Crippen LogP contribution in [0.15, 0.2) is 41.5 Å². The van der Waals surface area contributed by atoms with Crippen LogP contribution in [0.5, 0.6) is 11.5 Å². The maximum Gasteiger partial charge on any atom is 0.191 e. The number of aliphatic imine (C=N–C) groups is 1. The molecule has 0 fully saturated rings. The van der Waals surface area contributed by atoms with Gasteiger partial charge in [-0.05, 0) is 35.7 Å². The molecule has 0 saturated heterocycles. The quantitative estimate of drug-likeness (QED) is 0.284. The number of halogens is 2. The van der Waals surface area contributed by atoms with Crippen molar-refractivity contribution in [3.63, 3.8) is 0 Å². The minimum absolute atomic E-state index is 0. The first-order chi connectivity index (χ1) is 12.7. The molecule has 146 valence electrons. The van der Waals surface area contributed by atoms with Crippen LogP contribution >= 0.6 is 35.6 Å². The number of nitrogens with zero attached hydrogens (tertiary/aromatic N) is 2. The van der Waals surface area contributed by atoms with E-state index in [1.54, 1.807) is 19.3 Å². The van der Waals surface area contributed by atoms with Crippen LogP contribution in [0.3, 0.4) is 0 Å². The summed E-state index contributed by atoms with van der Waals surface area (Å²) in [7, 11) is 1.76. The molecule has 0 aliphatic carbocycles.